The third-order valence-corrected chi connectivity index (χ3v) is 2.98. The monoisotopic (exact) mass is 269 g/mol. The summed E-state index contributed by atoms with van der Waals surface area (Å²) in [7, 11) is 0. The van der Waals surface area contributed by atoms with Crippen molar-refractivity contribution in [3.63, 3.8) is 0 Å². The molecule has 0 amide bonds. The molecule has 3 heteroatoms. The van der Waals surface area contributed by atoms with E-state index in [0.29, 0.717) is 5.75 Å². The van der Waals surface area contributed by atoms with Gasteiger partial charge < -0.3 is 4.74 Å². The average Bonchev–Trinajstić information content (AvgIpc) is 2.40. The Morgan fingerprint density at radius 1 is 1.05 bits per heavy atom. The summed E-state index contributed by atoms with van der Waals surface area (Å²) in [5, 5.41) is 8.74. The SMILES string of the molecule is CC(C)(C)c1ccccc1Oc1ccc(C#N)cc1F. The molecule has 0 atom stereocenters. The number of hydrogen-bond acceptors (Lipinski definition) is 2. The first-order chi connectivity index (χ1) is 9.41. The Morgan fingerprint density at radius 2 is 1.75 bits per heavy atom. The normalized spacial score (nSPS) is 10.9. The fourth-order valence-electron chi connectivity index (χ4n) is 1.95. The number of nitrogens with zero attached hydrogens (tertiary/aromatic N) is 1. The smallest absolute Gasteiger partial charge is 0.167 e. The summed E-state index contributed by atoms with van der Waals surface area (Å²) in [6.07, 6.45) is 0. The highest BCUT2D eigenvalue weighted by atomic mass is 19.1. The zero-order valence-corrected chi connectivity index (χ0v) is 11.8. The van der Waals surface area contributed by atoms with Crippen LogP contribution in [0.25, 0.3) is 0 Å². The predicted molar refractivity (Wildman–Crippen MR) is 76.3 cm³/mol. The van der Waals surface area contributed by atoms with Crippen molar-refractivity contribution in [1.82, 2.24) is 0 Å². The van der Waals surface area contributed by atoms with E-state index in [4.69, 9.17) is 10.00 Å². The molecular formula is C17H16FNO. The first kappa shape index (κ1) is 14.1. The van der Waals surface area contributed by atoms with Crippen LogP contribution in [0.5, 0.6) is 11.5 Å². The summed E-state index contributed by atoms with van der Waals surface area (Å²) in [5.74, 6) is 0.220. The van der Waals surface area contributed by atoms with Crippen molar-refractivity contribution >= 4 is 0 Å². The van der Waals surface area contributed by atoms with Gasteiger partial charge in [-0.3, -0.25) is 0 Å². The van der Waals surface area contributed by atoms with Gasteiger partial charge in [-0.05, 0) is 29.7 Å². The van der Waals surface area contributed by atoms with Gasteiger partial charge in [0.15, 0.2) is 11.6 Å². The molecule has 20 heavy (non-hydrogen) atoms. The molecule has 0 fully saturated rings. The van der Waals surface area contributed by atoms with Crippen molar-refractivity contribution in [2.24, 2.45) is 0 Å². The number of benzene rings is 2. The second-order valence-corrected chi connectivity index (χ2v) is 5.61. The van der Waals surface area contributed by atoms with Crippen LogP contribution in [-0.4, -0.2) is 0 Å². The number of para-hydroxylation sites is 1. The number of nitriles is 1. The van der Waals surface area contributed by atoms with Gasteiger partial charge in [-0.1, -0.05) is 39.0 Å². The maximum Gasteiger partial charge on any atom is 0.167 e. The third kappa shape index (κ3) is 2.97. The van der Waals surface area contributed by atoms with Crippen molar-refractivity contribution < 1.29 is 9.13 Å². The summed E-state index contributed by atoms with van der Waals surface area (Å²) in [4.78, 5) is 0. The van der Waals surface area contributed by atoms with Crippen molar-refractivity contribution in [1.29, 1.82) is 5.26 Å². The largest absolute Gasteiger partial charge is 0.454 e. The summed E-state index contributed by atoms with van der Waals surface area (Å²) >= 11 is 0. The van der Waals surface area contributed by atoms with E-state index in [2.05, 4.69) is 20.8 Å². The van der Waals surface area contributed by atoms with Crippen molar-refractivity contribution in [2.45, 2.75) is 26.2 Å². The van der Waals surface area contributed by atoms with Crippen LogP contribution in [0.2, 0.25) is 0 Å². The lowest BCUT2D eigenvalue weighted by molar-refractivity contribution is 0.425. The van der Waals surface area contributed by atoms with E-state index in [1.807, 2.05) is 30.3 Å². The van der Waals surface area contributed by atoms with E-state index in [0.717, 1.165) is 5.56 Å². The molecule has 2 nitrogen and oxygen atoms in total. The molecule has 0 radical (unpaired) electrons. The van der Waals surface area contributed by atoms with Crippen LogP contribution in [0, 0.1) is 17.1 Å². The molecule has 0 spiro atoms. The molecule has 0 aliphatic carbocycles. The topological polar surface area (TPSA) is 33.0 Å². The van der Waals surface area contributed by atoms with E-state index >= 15 is 0 Å². The molecule has 0 saturated heterocycles. The van der Waals surface area contributed by atoms with E-state index in [1.165, 1.54) is 18.2 Å². The maximum atomic E-state index is 13.9. The van der Waals surface area contributed by atoms with Crippen LogP contribution in [0.1, 0.15) is 31.9 Å². The molecule has 2 aromatic carbocycles. The molecule has 0 aromatic heterocycles. The van der Waals surface area contributed by atoms with Gasteiger partial charge in [0, 0.05) is 5.56 Å². The number of hydrogen-bond donors (Lipinski definition) is 0. The van der Waals surface area contributed by atoms with Gasteiger partial charge in [0.25, 0.3) is 0 Å². The quantitative estimate of drug-likeness (QED) is 0.785. The first-order valence-corrected chi connectivity index (χ1v) is 6.39. The Balaban J connectivity index is 2.39. The zero-order chi connectivity index (χ0) is 14.8. The van der Waals surface area contributed by atoms with Gasteiger partial charge in [-0.15, -0.1) is 0 Å². The van der Waals surface area contributed by atoms with Gasteiger partial charge in [0.2, 0.25) is 0 Å². The highest BCUT2D eigenvalue weighted by molar-refractivity contribution is 5.43. The van der Waals surface area contributed by atoms with E-state index in [1.54, 1.807) is 0 Å². The lowest BCUT2D eigenvalue weighted by Crippen LogP contribution is -2.12. The van der Waals surface area contributed by atoms with Crippen LogP contribution in [0.4, 0.5) is 4.39 Å². The van der Waals surface area contributed by atoms with Gasteiger partial charge in [-0.25, -0.2) is 4.39 Å². The lowest BCUT2D eigenvalue weighted by atomic mass is 9.86. The number of ether oxygens (including phenoxy) is 1. The maximum absolute atomic E-state index is 13.9. The molecule has 0 aliphatic heterocycles. The van der Waals surface area contributed by atoms with Crippen molar-refractivity contribution in [3.8, 4) is 17.6 Å². The van der Waals surface area contributed by atoms with Crippen LogP contribution < -0.4 is 4.74 Å². The minimum Gasteiger partial charge on any atom is -0.454 e. The van der Waals surface area contributed by atoms with Crippen LogP contribution >= 0.6 is 0 Å². The van der Waals surface area contributed by atoms with Crippen molar-refractivity contribution in [3.05, 3.63) is 59.4 Å². The Morgan fingerprint density at radius 3 is 2.35 bits per heavy atom. The van der Waals surface area contributed by atoms with Crippen molar-refractivity contribution in [2.75, 3.05) is 0 Å². The fraction of sp³-hybridized carbons (Fsp3) is 0.235. The standard InChI is InChI=1S/C17H16FNO/c1-17(2,3)13-6-4-5-7-15(13)20-16-9-8-12(11-19)10-14(16)18/h4-10H,1-3H3. The molecular weight excluding hydrogens is 253 g/mol. The molecule has 2 rings (SSSR count). The van der Waals surface area contributed by atoms with Gasteiger partial charge >= 0.3 is 0 Å². The summed E-state index contributed by atoms with van der Waals surface area (Å²) in [6, 6.07) is 13.7. The predicted octanol–water partition coefficient (Wildman–Crippen LogP) is 4.79. The van der Waals surface area contributed by atoms with E-state index < -0.39 is 5.82 Å². The number of rotatable bonds is 2. The van der Waals surface area contributed by atoms with Gasteiger partial charge in [0.05, 0.1) is 11.6 Å². The highest BCUT2D eigenvalue weighted by Crippen LogP contribution is 2.34. The van der Waals surface area contributed by atoms with E-state index in [9.17, 15) is 4.39 Å². The Kier molecular flexibility index (Phi) is 3.76. The molecule has 0 heterocycles. The molecule has 0 bridgehead atoms. The summed E-state index contributed by atoms with van der Waals surface area (Å²) < 4.78 is 19.6. The summed E-state index contributed by atoms with van der Waals surface area (Å²) in [6.45, 7) is 6.22. The second-order valence-electron chi connectivity index (χ2n) is 5.61. The second kappa shape index (κ2) is 5.34. The molecule has 2 aromatic rings. The molecule has 0 unspecified atom stereocenters. The summed E-state index contributed by atoms with van der Waals surface area (Å²) in [5.41, 5.74) is 1.18. The minimum absolute atomic E-state index is 0.0976. The zero-order valence-electron chi connectivity index (χ0n) is 11.8. The minimum atomic E-state index is -0.534. The first-order valence-electron chi connectivity index (χ1n) is 6.39. The molecule has 0 N–H and O–H groups in total. The number of halogens is 1. The molecule has 102 valence electrons. The van der Waals surface area contributed by atoms with E-state index in [-0.39, 0.29) is 16.7 Å². The molecule has 0 saturated carbocycles. The van der Waals surface area contributed by atoms with Crippen LogP contribution in [-0.2, 0) is 5.41 Å². The average molecular weight is 269 g/mol. The Labute approximate surface area is 118 Å². The highest BCUT2D eigenvalue weighted by Gasteiger charge is 2.19. The van der Waals surface area contributed by atoms with Gasteiger partial charge in [0.1, 0.15) is 5.75 Å². The van der Waals surface area contributed by atoms with Crippen LogP contribution in [0.15, 0.2) is 42.5 Å². The Bertz CT molecular complexity index is 665. The van der Waals surface area contributed by atoms with Crippen LogP contribution in [0.3, 0.4) is 0 Å². The van der Waals surface area contributed by atoms with Gasteiger partial charge in [-0.2, -0.15) is 5.26 Å². The molecule has 0 aliphatic rings. The lowest BCUT2D eigenvalue weighted by Gasteiger charge is -2.22. The Hall–Kier alpha value is -2.34. The fourth-order valence-corrected chi connectivity index (χ4v) is 1.95. The third-order valence-electron chi connectivity index (χ3n) is 2.98.